The van der Waals surface area contributed by atoms with E-state index < -0.39 is 0 Å². The van der Waals surface area contributed by atoms with E-state index in [1.807, 2.05) is 13.0 Å². The van der Waals surface area contributed by atoms with Crippen LogP contribution in [0.25, 0.3) is 0 Å². The van der Waals surface area contributed by atoms with E-state index in [2.05, 4.69) is 21.8 Å². The molecule has 0 amide bonds. The summed E-state index contributed by atoms with van der Waals surface area (Å²) in [5, 5.41) is 0. The highest BCUT2D eigenvalue weighted by Gasteiger charge is 2.18. The van der Waals surface area contributed by atoms with Gasteiger partial charge in [-0.15, -0.1) is 0 Å². The van der Waals surface area contributed by atoms with Gasteiger partial charge in [-0.05, 0) is 38.2 Å². The topological polar surface area (TPSA) is 55.0 Å². The monoisotopic (exact) mass is 262 g/mol. The van der Waals surface area contributed by atoms with Crippen LogP contribution in [0.1, 0.15) is 50.4 Å². The van der Waals surface area contributed by atoms with E-state index in [9.17, 15) is 0 Å². The molecule has 0 radical (unpaired) electrons. The van der Waals surface area contributed by atoms with Crippen molar-refractivity contribution >= 4 is 5.95 Å². The van der Waals surface area contributed by atoms with Gasteiger partial charge < -0.3 is 10.6 Å². The minimum atomic E-state index is 0.489. The van der Waals surface area contributed by atoms with Crippen LogP contribution in [-0.2, 0) is 6.54 Å². The summed E-state index contributed by atoms with van der Waals surface area (Å²) in [6.45, 7) is 6.94. The van der Waals surface area contributed by atoms with Crippen LogP contribution in [0.5, 0.6) is 0 Å². The second-order valence-electron chi connectivity index (χ2n) is 5.58. The third kappa shape index (κ3) is 3.90. The van der Waals surface area contributed by atoms with E-state index in [-0.39, 0.29) is 0 Å². The highest BCUT2D eigenvalue weighted by atomic mass is 15.2. The SMILES string of the molecule is CCCC1CCCN(c2nc(C)cc(CN)n2)CC1. The van der Waals surface area contributed by atoms with E-state index in [1.165, 1.54) is 32.1 Å². The molecule has 4 nitrogen and oxygen atoms in total. The number of nitrogens with zero attached hydrogens (tertiary/aromatic N) is 3. The van der Waals surface area contributed by atoms with Gasteiger partial charge in [0.2, 0.25) is 5.95 Å². The first-order valence-corrected chi connectivity index (χ1v) is 7.52. The molecule has 1 aliphatic heterocycles. The van der Waals surface area contributed by atoms with Crippen molar-refractivity contribution in [2.45, 2.75) is 52.5 Å². The molecule has 0 saturated carbocycles. The molecular weight excluding hydrogens is 236 g/mol. The van der Waals surface area contributed by atoms with Crippen molar-refractivity contribution in [1.82, 2.24) is 9.97 Å². The molecule has 0 spiro atoms. The zero-order chi connectivity index (χ0) is 13.7. The maximum absolute atomic E-state index is 5.70. The molecule has 0 bridgehead atoms. The lowest BCUT2D eigenvalue weighted by molar-refractivity contribution is 0.435. The van der Waals surface area contributed by atoms with Gasteiger partial charge in [-0.1, -0.05) is 19.8 Å². The molecule has 4 heteroatoms. The van der Waals surface area contributed by atoms with Crippen LogP contribution in [0, 0.1) is 12.8 Å². The van der Waals surface area contributed by atoms with Crippen LogP contribution in [0.15, 0.2) is 6.07 Å². The Balaban J connectivity index is 2.07. The summed E-state index contributed by atoms with van der Waals surface area (Å²) in [7, 11) is 0. The maximum Gasteiger partial charge on any atom is 0.225 e. The fraction of sp³-hybridized carbons (Fsp3) is 0.733. The van der Waals surface area contributed by atoms with Crippen LogP contribution < -0.4 is 10.6 Å². The number of aryl methyl sites for hydroxylation is 1. The highest BCUT2D eigenvalue weighted by Crippen LogP contribution is 2.24. The standard InChI is InChI=1S/C15H26N4/c1-3-5-13-6-4-8-19(9-7-13)15-17-12(2)10-14(11-16)18-15/h10,13H,3-9,11,16H2,1-2H3. The lowest BCUT2D eigenvalue weighted by Gasteiger charge is -2.21. The fourth-order valence-corrected chi connectivity index (χ4v) is 2.93. The van der Waals surface area contributed by atoms with Crippen LogP contribution >= 0.6 is 0 Å². The fourth-order valence-electron chi connectivity index (χ4n) is 2.93. The second-order valence-corrected chi connectivity index (χ2v) is 5.58. The molecule has 1 saturated heterocycles. The number of nitrogens with two attached hydrogens (primary N) is 1. The van der Waals surface area contributed by atoms with Crippen molar-refractivity contribution in [2.75, 3.05) is 18.0 Å². The Morgan fingerprint density at radius 3 is 2.89 bits per heavy atom. The molecule has 0 aliphatic carbocycles. The Morgan fingerprint density at radius 1 is 1.32 bits per heavy atom. The third-order valence-electron chi connectivity index (χ3n) is 3.93. The maximum atomic E-state index is 5.70. The first-order chi connectivity index (χ1) is 9.22. The van der Waals surface area contributed by atoms with Gasteiger partial charge in [-0.3, -0.25) is 0 Å². The molecule has 106 valence electrons. The lowest BCUT2D eigenvalue weighted by Crippen LogP contribution is -2.27. The molecule has 1 aromatic rings. The number of hydrogen-bond donors (Lipinski definition) is 1. The Hall–Kier alpha value is -1.16. The number of hydrogen-bond acceptors (Lipinski definition) is 4. The lowest BCUT2D eigenvalue weighted by atomic mass is 9.96. The molecule has 19 heavy (non-hydrogen) atoms. The predicted molar refractivity (Wildman–Crippen MR) is 79.1 cm³/mol. The summed E-state index contributed by atoms with van der Waals surface area (Å²) in [4.78, 5) is 11.5. The van der Waals surface area contributed by atoms with Crippen LogP contribution in [0.3, 0.4) is 0 Å². The molecule has 1 unspecified atom stereocenters. The largest absolute Gasteiger partial charge is 0.341 e. The van der Waals surface area contributed by atoms with E-state index in [4.69, 9.17) is 5.73 Å². The van der Waals surface area contributed by atoms with E-state index in [0.717, 1.165) is 36.3 Å². The first-order valence-electron chi connectivity index (χ1n) is 7.52. The number of aromatic nitrogens is 2. The normalized spacial score (nSPS) is 20.4. The van der Waals surface area contributed by atoms with Gasteiger partial charge in [0, 0.05) is 25.3 Å². The van der Waals surface area contributed by atoms with E-state index in [1.54, 1.807) is 0 Å². The van der Waals surface area contributed by atoms with Gasteiger partial charge in [-0.2, -0.15) is 0 Å². The molecule has 1 aliphatic rings. The second kappa shape index (κ2) is 6.85. The summed E-state index contributed by atoms with van der Waals surface area (Å²) >= 11 is 0. The van der Waals surface area contributed by atoms with Crippen molar-refractivity contribution < 1.29 is 0 Å². The van der Waals surface area contributed by atoms with E-state index in [0.29, 0.717) is 6.54 Å². The van der Waals surface area contributed by atoms with Gasteiger partial charge in [-0.25, -0.2) is 9.97 Å². The molecule has 2 rings (SSSR count). The minimum Gasteiger partial charge on any atom is -0.341 e. The Kier molecular flexibility index (Phi) is 5.14. The summed E-state index contributed by atoms with van der Waals surface area (Å²) in [6.07, 6.45) is 6.52. The zero-order valence-corrected chi connectivity index (χ0v) is 12.2. The van der Waals surface area contributed by atoms with Gasteiger partial charge >= 0.3 is 0 Å². The quantitative estimate of drug-likeness (QED) is 0.906. The number of rotatable bonds is 4. The molecule has 2 heterocycles. The summed E-state index contributed by atoms with van der Waals surface area (Å²) in [6, 6.07) is 1.97. The summed E-state index contributed by atoms with van der Waals surface area (Å²) in [5.74, 6) is 1.76. The highest BCUT2D eigenvalue weighted by molar-refractivity contribution is 5.32. The van der Waals surface area contributed by atoms with Crippen molar-refractivity contribution in [3.8, 4) is 0 Å². The zero-order valence-electron chi connectivity index (χ0n) is 12.2. The molecular formula is C15H26N4. The summed E-state index contributed by atoms with van der Waals surface area (Å²) in [5.41, 5.74) is 7.66. The average Bonchev–Trinajstić information content (AvgIpc) is 2.64. The van der Waals surface area contributed by atoms with Crippen molar-refractivity contribution in [3.05, 3.63) is 17.5 Å². The number of anilines is 1. The Bertz CT molecular complexity index is 405. The molecule has 1 aromatic heterocycles. The van der Waals surface area contributed by atoms with E-state index >= 15 is 0 Å². The van der Waals surface area contributed by atoms with Crippen molar-refractivity contribution in [2.24, 2.45) is 11.7 Å². The van der Waals surface area contributed by atoms with Crippen LogP contribution in [0.4, 0.5) is 5.95 Å². The smallest absolute Gasteiger partial charge is 0.225 e. The molecule has 2 N–H and O–H groups in total. The van der Waals surface area contributed by atoms with Gasteiger partial charge in [0.1, 0.15) is 0 Å². The Morgan fingerprint density at radius 2 is 2.16 bits per heavy atom. The molecule has 0 aromatic carbocycles. The van der Waals surface area contributed by atoms with Crippen LogP contribution in [-0.4, -0.2) is 23.1 Å². The van der Waals surface area contributed by atoms with Gasteiger partial charge in [0.15, 0.2) is 0 Å². The average molecular weight is 262 g/mol. The van der Waals surface area contributed by atoms with Gasteiger partial charge in [0.25, 0.3) is 0 Å². The third-order valence-corrected chi connectivity index (χ3v) is 3.93. The van der Waals surface area contributed by atoms with Crippen LogP contribution in [0.2, 0.25) is 0 Å². The summed E-state index contributed by atoms with van der Waals surface area (Å²) < 4.78 is 0. The van der Waals surface area contributed by atoms with Crippen molar-refractivity contribution in [3.63, 3.8) is 0 Å². The molecule has 1 fully saturated rings. The first kappa shape index (κ1) is 14.3. The van der Waals surface area contributed by atoms with Crippen molar-refractivity contribution in [1.29, 1.82) is 0 Å². The predicted octanol–water partition coefficient (Wildman–Crippen LogP) is 2.65. The minimum absolute atomic E-state index is 0.489. The van der Waals surface area contributed by atoms with Gasteiger partial charge in [0.05, 0.1) is 5.69 Å². The Labute approximate surface area is 116 Å². The molecule has 1 atom stereocenters.